The maximum absolute atomic E-state index is 5.23. The summed E-state index contributed by atoms with van der Waals surface area (Å²) in [5.74, 6) is 0.828. The van der Waals surface area contributed by atoms with Crippen LogP contribution in [0, 0.1) is 0 Å². The van der Waals surface area contributed by atoms with Crippen LogP contribution in [-0.4, -0.2) is 29.3 Å². The number of fused-ring (bicyclic) bond motifs is 1. The van der Waals surface area contributed by atoms with Crippen LogP contribution in [-0.2, 0) is 0 Å². The van der Waals surface area contributed by atoms with E-state index in [1.807, 2.05) is 49.6 Å². The Bertz CT molecular complexity index is 1020. The zero-order chi connectivity index (χ0) is 17.2. The van der Waals surface area contributed by atoms with Gasteiger partial charge in [0, 0.05) is 41.0 Å². The van der Waals surface area contributed by atoms with Crippen LogP contribution in [0.15, 0.2) is 60.8 Å². The van der Waals surface area contributed by atoms with Crippen molar-refractivity contribution in [2.24, 2.45) is 0 Å². The first-order valence-corrected chi connectivity index (χ1v) is 8.06. The quantitative estimate of drug-likeness (QED) is 0.584. The third-order valence-corrected chi connectivity index (χ3v) is 4.30. The summed E-state index contributed by atoms with van der Waals surface area (Å²) in [5, 5.41) is 11.7. The summed E-state index contributed by atoms with van der Waals surface area (Å²) in [4.78, 5) is 4.52. The Kier molecular flexibility index (Phi) is 3.82. The zero-order valence-electron chi connectivity index (χ0n) is 14.1. The number of benzene rings is 2. The van der Waals surface area contributed by atoms with Crippen LogP contribution in [0.3, 0.4) is 0 Å². The van der Waals surface area contributed by atoms with E-state index in [-0.39, 0.29) is 0 Å². The second-order valence-corrected chi connectivity index (χ2v) is 5.72. The van der Waals surface area contributed by atoms with Crippen molar-refractivity contribution in [1.82, 2.24) is 15.2 Å². The van der Waals surface area contributed by atoms with Gasteiger partial charge in [-0.3, -0.25) is 5.10 Å². The Morgan fingerprint density at radius 3 is 2.56 bits per heavy atom. The van der Waals surface area contributed by atoms with Crippen LogP contribution in [0.1, 0.15) is 0 Å². The van der Waals surface area contributed by atoms with E-state index in [1.165, 1.54) is 0 Å². The van der Waals surface area contributed by atoms with Crippen molar-refractivity contribution >= 4 is 16.7 Å². The highest BCUT2D eigenvalue weighted by molar-refractivity contribution is 5.94. The van der Waals surface area contributed by atoms with Crippen molar-refractivity contribution < 1.29 is 4.74 Å². The number of ether oxygens (including phenoxy) is 1. The van der Waals surface area contributed by atoms with Crippen LogP contribution in [0.4, 0.5) is 5.69 Å². The second-order valence-electron chi connectivity index (χ2n) is 5.72. The Morgan fingerprint density at radius 1 is 1.00 bits per heavy atom. The van der Waals surface area contributed by atoms with Crippen LogP contribution in [0.25, 0.3) is 33.4 Å². The fourth-order valence-electron chi connectivity index (χ4n) is 2.98. The Balaban J connectivity index is 1.85. The molecule has 0 saturated carbocycles. The third kappa shape index (κ3) is 2.70. The fourth-order valence-corrected chi connectivity index (χ4v) is 2.98. The number of nitrogens with zero attached hydrogens (tertiary/aromatic N) is 2. The number of H-pyrrole nitrogens is 1. The lowest BCUT2D eigenvalue weighted by Gasteiger charge is -2.09. The summed E-state index contributed by atoms with van der Waals surface area (Å²) in [5.41, 5.74) is 5.93. The van der Waals surface area contributed by atoms with E-state index >= 15 is 0 Å². The third-order valence-electron chi connectivity index (χ3n) is 4.30. The molecule has 0 spiro atoms. The van der Waals surface area contributed by atoms with E-state index in [2.05, 4.69) is 38.7 Å². The van der Waals surface area contributed by atoms with Crippen LogP contribution in [0.2, 0.25) is 0 Å². The molecule has 0 unspecified atom stereocenters. The molecule has 0 fully saturated rings. The molecule has 0 bridgehead atoms. The van der Waals surface area contributed by atoms with Crippen molar-refractivity contribution in [3.8, 4) is 28.1 Å². The number of rotatable bonds is 4. The maximum Gasteiger partial charge on any atom is 0.181 e. The molecule has 0 saturated heterocycles. The molecule has 0 aliphatic rings. The molecule has 0 aliphatic carbocycles. The minimum absolute atomic E-state index is 0.705. The van der Waals surface area contributed by atoms with E-state index in [4.69, 9.17) is 4.74 Å². The molecule has 0 amide bonds. The Morgan fingerprint density at radius 2 is 1.80 bits per heavy atom. The highest BCUT2D eigenvalue weighted by Gasteiger charge is 2.12. The fraction of sp³-hybridized carbons (Fsp3) is 0.100. The van der Waals surface area contributed by atoms with Gasteiger partial charge in [0.1, 0.15) is 5.75 Å². The maximum atomic E-state index is 5.23. The highest BCUT2D eigenvalue weighted by atomic mass is 16.5. The van der Waals surface area contributed by atoms with Gasteiger partial charge in [-0.25, -0.2) is 4.98 Å². The minimum atomic E-state index is 0.705. The van der Waals surface area contributed by atoms with Crippen molar-refractivity contribution in [2.45, 2.75) is 0 Å². The van der Waals surface area contributed by atoms with Gasteiger partial charge in [0.2, 0.25) is 0 Å². The summed E-state index contributed by atoms with van der Waals surface area (Å²) in [6.07, 6.45) is 1.86. The number of anilines is 1. The van der Waals surface area contributed by atoms with Crippen molar-refractivity contribution in [3.63, 3.8) is 0 Å². The largest absolute Gasteiger partial charge is 0.497 e. The highest BCUT2D eigenvalue weighted by Crippen LogP contribution is 2.32. The molecule has 2 aromatic carbocycles. The topological polar surface area (TPSA) is 62.8 Å². The number of aromatic nitrogens is 3. The first-order valence-electron chi connectivity index (χ1n) is 8.06. The molecular formula is C20H18N4O. The summed E-state index contributed by atoms with van der Waals surface area (Å²) in [6, 6.07) is 18.2. The monoisotopic (exact) mass is 330 g/mol. The van der Waals surface area contributed by atoms with Gasteiger partial charge in [0.15, 0.2) is 5.65 Å². The van der Waals surface area contributed by atoms with Gasteiger partial charge in [-0.05, 0) is 36.4 Å². The smallest absolute Gasteiger partial charge is 0.181 e. The number of aromatic amines is 1. The van der Waals surface area contributed by atoms with Gasteiger partial charge in [0.05, 0.1) is 12.8 Å². The van der Waals surface area contributed by atoms with E-state index in [1.54, 1.807) is 7.11 Å². The van der Waals surface area contributed by atoms with E-state index in [9.17, 15) is 0 Å². The molecule has 4 rings (SSSR count). The first kappa shape index (κ1) is 15.2. The minimum Gasteiger partial charge on any atom is -0.497 e. The lowest BCUT2D eigenvalue weighted by Crippen LogP contribution is -1.92. The van der Waals surface area contributed by atoms with Crippen LogP contribution in [0.5, 0.6) is 5.75 Å². The summed E-state index contributed by atoms with van der Waals surface area (Å²) in [6.45, 7) is 0. The molecule has 0 atom stereocenters. The van der Waals surface area contributed by atoms with Gasteiger partial charge in [0.25, 0.3) is 0 Å². The number of pyridine rings is 1. The van der Waals surface area contributed by atoms with Crippen molar-refractivity contribution in [1.29, 1.82) is 0 Å². The summed E-state index contributed by atoms with van der Waals surface area (Å²) < 4.78 is 5.23. The number of hydrogen-bond donors (Lipinski definition) is 2. The molecule has 0 radical (unpaired) electrons. The van der Waals surface area contributed by atoms with E-state index in [0.717, 1.165) is 39.2 Å². The predicted octanol–water partition coefficient (Wildman–Crippen LogP) is 4.34. The first-order chi connectivity index (χ1) is 12.3. The molecule has 124 valence electrons. The normalized spacial score (nSPS) is 10.8. The van der Waals surface area contributed by atoms with E-state index in [0.29, 0.717) is 5.65 Å². The molecule has 4 aromatic rings. The van der Waals surface area contributed by atoms with Gasteiger partial charge < -0.3 is 10.1 Å². The van der Waals surface area contributed by atoms with Crippen molar-refractivity contribution in [2.75, 3.05) is 19.5 Å². The number of nitrogens with one attached hydrogen (secondary N) is 2. The summed E-state index contributed by atoms with van der Waals surface area (Å²) in [7, 11) is 3.58. The molecule has 5 heteroatoms. The van der Waals surface area contributed by atoms with E-state index < -0.39 is 0 Å². The molecule has 2 N–H and O–H groups in total. The zero-order valence-corrected chi connectivity index (χ0v) is 14.1. The molecule has 2 heterocycles. The number of methoxy groups -OCH3 is 1. The predicted molar refractivity (Wildman–Crippen MR) is 101 cm³/mol. The lowest BCUT2D eigenvalue weighted by molar-refractivity contribution is 0.415. The average molecular weight is 330 g/mol. The lowest BCUT2D eigenvalue weighted by atomic mass is 10.0. The van der Waals surface area contributed by atoms with Gasteiger partial charge >= 0.3 is 0 Å². The Labute approximate surface area is 145 Å². The molecule has 5 nitrogen and oxygen atoms in total. The Hall–Kier alpha value is -3.34. The SMILES string of the molecule is CNc1ccccc1-c1cnc2n[nH]c(-c3ccc(OC)cc3)c2c1. The second kappa shape index (κ2) is 6.28. The van der Waals surface area contributed by atoms with Crippen LogP contribution >= 0.6 is 0 Å². The average Bonchev–Trinajstić information content (AvgIpc) is 3.11. The van der Waals surface area contributed by atoms with Crippen LogP contribution < -0.4 is 10.1 Å². The number of hydrogen-bond acceptors (Lipinski definition) is 4. The molecular weight excluding hydrogens is 312 g/mol. The molecule has 2 aromatic heterocycles. The van der Waals surface area contributed by atoms with Crippen molar-refractivity contribution in [3.05, 3.63) is 60.8 Å². The van der Waals surface area contributed by atoms with Gasteiger partial charge in [-0.15, -0.1) is 0 Å². The van der Waals surface area contributed by atoms with Gasteiger partial charge in [-0.2, -0.15) is 5.10 Å². The van der Waals surface area contributed by atoms with Gasteiger partial charge in [-0.1, -0.05) is 18.2 Å². The molecule has 0 aliphatic heterocycles. The number of para-hydroxylation sites is 1. The summed E-state index contributed by atoms with van der Waals surface area (Å²) >= 11 is 0. The standard InChI is InChI=1S/C20H18N4O/c1-21-18-6-4-3-5-16(18)14-11-17-19(23-24-20(17)22-12-14)13-7-9-15(25-2)10-8-13/h3-12,21H,1-2H3,(H,22,23,24). The molecule has 25 heavy (non-hydrogen) atoms.